The molecule has 2 N–H and O–H groups in total. The van der Waals surface area contributed by atoms with Crippen LogP contribution in [0.3, 0.4) is 0 Å². The number of nitrogens with one attached hydrogen (secondary N) is 2. The average molecular weight is 436 g/mol. The zero-order valence-electron chi connectivity index (χ0n) is 16.2. The summed E-state index contributed by atoms with van der Waals surface area (Å²) in [6, 6.07) is 12.5. The first-order valence-corrected chi connectivity index (χ1v) is 9.68. The quantitative estimate of drug-likeness (QED) is 0.251. The second-order valence-electron chi connectivity index (χ2n) is 6.08. The van der Waals surface area contributed by atoms with Gasteiger partial charge >= 0.3 is 0 Å². The van der Waals surface area contributed by atoms with E-state index in [1.807, 2.05) is 0 Å². The van der Waals surface area contributed by atoms with Gasteiger partial charge < -0.3 is 5.32 Å². The number of amides is 2. The number of hydrazone groups is 1. The zero-order chi connectivity index (χ0) is 22.2. The SMILES string of the molecule is CC(=O)Nc1ccc(C(=O)NN=Cc2ccc(Sc3ncccn3)c([N+](=O)[O-])c2)cc1. The highest BCUT2D eigenvalue weighted by molar-refractivity contribution is 7.99. The Hall–Kier alpha value is -4.12. The van der Waals surface area contributed by atoms with Crippen LogP contribution >= 0.6 is 11.8 Å². The van der Waals surface area contributed by atoms with Crippen LogP contribution < -0.4 is 10.7 Å². The fourth-order valence-electron chi connectivity index (χ4n) is 2.42. The molecule has 0 aliphatic carbocycles. The molecule has 0 unspecified atom stereocenters. The standard InChI is InChI=1S/C20H16N6O4S/c1-13(27)24-16-6-4-15(5-7-16)19(28)25-23-12-14-3-8-18(17(11-14)26(29)30)31-20-21-9-2-10-22-20/h2-12H,1H3,(H,24,27)(H,25,28). The molecule has 2 amide bonds. The smallest absolute Gasteiger partial charge is 0.283 e. The minimum Gasteiger partial charge on any atom is -0.326 e. The van der Waals surface area contributed by atoms with E-state index in [2.05, 4.69) is 25.8 Å². The fourth-order valence-corrected chi connectivity index (χ4v) is 3.22. The second-order valence-corrected chi connectivity index (χ2v) is 7.08. The van der Waals surface area contributed by atoms with E-state index in [-0.39, 0.29) is 11.6 Å². The van der Waals surface area contributed by atoms with Crippen molar-refractivity contribution >= 4 is 41.2 Å². The maximum Gasteiger partial charge on any atom is 0.283 e. The third kappa shape index (κ3) is 6.18. The van der Waals surface area contributed by atoms with Gasteiger partial charge in [-0.2, -0.15) is 5.10 Å². The molecule has 0 saturated carbocycles. The van der Waals surface area contributed by atoms with Gasteiger partial charge in [-0.25, -0.2) is 15.4 Å². The first kappa shape index (κ1) is 21.6. The summed E-state index contributed by atoms with van der Waals surface area (Å²) in [6.07, 6.45) is 4.42. The van der Waals surface area contributed by atoms with Gasteiger partial charge in [0.1, 0.15) is 0 Å². The van der Waals surface area contributed by atoms with Gasteiger partial charge in [-0.05, 0) is 48.2 Å². The number of nitro groups is 1. The van der Waals surface area contributed by atoms with E-state index in [9.17, 15) is 19.7 Å². The molecular formula is C20H16N6O4S. The molecule has 0 aliphatic rings. The van der Waals surface area contributed by atoms with Gasteiger partial charge in [0.25, 0.3) is 11.6 Å². The Labute approximate surface area is 181 Å². The number of rotatable bonds is 7. The van der Waals surface area contributed by atoms with Crippen molar-refractivity contribution in [3.8, 4) is 0 Å². The molecule has 0 atom stereocenters. The van der Waals surface area contributed by atoms with Crippen LogP contribution in [0.15, 0.2) is 76.1 Å². The average Bonchev–Trinajstić information content (AvgIpc) is 2.75. The number of nitrogens with zero attached hydrogens (tertiary/aromatic N) is 4. The Morgan fingerprint density at radius 3 is 2.48 bits per heavy atom. The van der Waals surface area contributed by atoms with Crippen molar-refractivity contribution in [2.24, 2.45) is 5.10 Å². The number of anilines is 1. The summed E-state index contributed by atoms with van der Waals surface area (Å²) >= 11 is 1.08. The minimum atomic E-state index is -0.502. The van der Waals surface area contributed by atoms with Crippen molar-refractivity contribution < 1.29 is 14.5 Å². The van der Waals surface area contributed by atoms with Crippen LogP contribution in [0.4, 0.5) is 11.4 Å². The molecule has 0 aliphatic heterocycles. The number of carbonyl (C=O) groups excluding carboxylic acids is 2. The Morgan fingerprint density at radius 2 is 1.84 bits per heavy atom. The fraction of sp³-hybridized carbons (Fsp3) is 0.0500. The molecule has 31 heavy (non-hydrogen) atoms. The summed E-state index contributed by atoms with van der Waals surface area (Å²) in [7, 11) is 0. The molecule has 0 fully saturated rings. The predicted molar refractivity (Wildman–Crippen MR) is 115 cm³/mol. The van der Waals surface area contributed by atoms with Crippen LogP contribution in [0.25, 0.3) is 0 Å². The zero-order valence-corrected chi connectivity index (χ0v) is 17.0. The lowest BCUT2D eigenvalue weighted by Crippen LogP contribution is -2.17. The Bertz CT molecular complexity index is 1140. The number of hydrogen-bond acceptors (Lipinski definition) is 8. The lowest BCUT2D eigenvalue weighted by Gasteiger charge is -2.04. The van der Waals surface area contributed by atoms with Gasteiger partial charge in [0.2, 0.25) is 5.91 Å². The van der Waals surface area contributed by atoms with E-state index >= 15 is 0 Å². The lowest BCUT2D eigenvalue weighted by atomic mass is 10.2. The van der Waals surface area contributed by atoms with Crippen molar-refractivity contribution in [1.82, 2.24) is 15.4 Å². The Morgan fingerprint density at radius 1 is 1.13 bits per heavy atom. The molecule has 10 nitrogen and oxygen atoms in total. The molecule has 0 radical (unpaired) electrons. The number of hydrogen-bond donors (Lipinski definition) is 2. The van der Waals surface area contributed by atoms with E-state index in [4.69, 9.17) is 0 Å². The molecule has 2 aromatic carbocycles. The number of aromatic nitrogens is 2. The number of benzene rings is 2. The van der Waals surface area contributed by atoms with E-state index in [0.29, 0.717) is 26.9 Å². The van der Waals surface area contributed by atoms with Crippen LogP contribution in [0.2, 0.25) is 0 Å². The van der Waals surface area contributed by atoms with Gasteiger partial charge in [-0.1, -0.05) is 6.07 Å². The minimum absolute atomic E-state index is 0.124. The molecule has 3 aromatic rings. The van der Waals surface area contributed by atoms with E-state index < -0.39 is 10.8 Å². The predicted octanol–water partition coefficient (Wildman–Crippen LogP) is 3.26. The largest absolute Gasteiger partial charge is 0.326 e. The third-order valence-corrected chi connectivity index (χ3v) is 4.73. The van der Waals surface area contributed by atoms with E-state index in [0.717, 1.165) is 11.8 Å². The van der Waals surface area contributed by atoms with Gasteiger partial charge in [-0.15, -0.1) is 0 Å². The summed E-state index contributed by atoms with van der Waals surface area (Å²) in [5.41, 5.74) is 3.58. The maximum atomic E-state index is 12.2. The first-order valence-electron chi connectivity index (χ1n) is 8.87. The summed E-state index contributed by atoms with van der Waals surface area (Å²) in [4.78, 5) is 42.6. The van der Waals surface area contributed by atoms with Crippen LogP contribution in [-0.4, -0.2) is 32.9 Å². The summed E-state index contributed by atoms with van der Waals surface area (Å²) in [5, 5.41) is 18.3. The molecule has 0 saturated heterocycles. The van der Waals surface area contributed by atoms with Gasteiger partial charge in [0, 0.05) is 42.2 Å². The Balaban J connectivity index is 1.67. The molecule has 11 heteroatoms. The van der Waals surface area contributed by atoms with Crippen molar-refractivity contribution in [1.29, 1.82) is 0 Å². The van der Waals surface area contributed by atoms with Crippen molar-refractivity contribution in [3.05, 3.63) is 82.2 Å². The normalized spacial score (nSPS) is 10.6. The third-order valence-electron chi connectivity index (χ3n) is 3.77. The van der Waals surface area contributed by atoms with Crippen LogP contribution in [0.1, 0.15) is 22.8 Å². The van der Waals surface area contributed by atoms with Gasteiger partial charge in [-0.3, -0.25) is 19.7 Å². The molecular weight excluding hydrogens is 420 g/mol. The molecule has 1 heterocycles. The van der Waals surface area contributed by atoms with Crippen LogP contribution in [0, 0.1) is 10.1 Å². The summed E-state index contributed by atoms with van der Waals surface area (Å²) < 4.78 is 0. The van der Waals surface area contributed by atoms with Crippen molar-refractivity contribution in [3.63, 3.8) is 0 Å². The van der Waals surface area contributed by atoms with E-state index in [1.54, 1.807) is 54.9 Å². The number of carbonyl (C=O) groups is 2. The van der Waals surface area contributed by atoms with Crippen LogP contribution in [0.5, 0.6) is 0 Å². The number of nitro benzene ring substituents is 1. The second kappa shape index (κ2) is 10.1. The monoisotopic (exact) mass is 436 g/mol. The molecule has 0 bridgehead atoms. The lowest BCUT2D eigenvalue weighted by molar-refractivity contribution is -0.387. The molecule has 3 rings (SSSR count). The summed E-state index contributed by atoms with van der Waals surface area (Å²) in [6.45, 7) is 1.39. The molecule has 156 valence electrons. The van der Waals surface area contributed by atoms with Crippen molar-refractivity contribution in [2.45, 2.75) is 17.0 Å². The van der Waals surface area contributed by atoms with Gasteiger partial charge in [0.15, 0.2) is 5.16 Å². The molecule has 0 spiro atoms. The Kier molecular flexibility index (Phi) is 7.01. The maximum absolute atomic E-state index is 12.2. The first-order chi connectivity index (χ1) is 14.9. The highest BCUT2D eigenvalue weighted by Crippen LogP contribution is 2.33. The van der Waals surface area contributed by atoms with E-state index in [1.165, 1.54) is 19.2 Å². The van der Waals surface area contributed by atoms with Crippen LogP contribution in [-0.2, 0) is 4.79 Å². The highest BCUT2D eigenvalue weighted by atomic mass is 32.2. The van der Waals surface area contributed by atoms with Gasteiger partial charge in [0.05, 0.1) is 16.0 Å². The topological polar surface area (TPSA) is 139 Å². The highest BCUT2D eigenvalue weighted by Gasteiger charge is 2.16. The summed E-state index contributed by atoms with van der Waals surface area (Å²) in [5.74, 6) is -0.676. The van der Waals surface area contributed by atoms with Crippen molar-refractivity contribution in [2.75, 3.05) is 5.32 Å². The molecule has 1 aromatic heterocycles.